The number of aryl methyl sites for hydroxylation is 1. The van der Waals surface area contributed by atoms with E-state index < -0.39 is 0 Å². The number of hydrogen-bond donors (Lipinski definition) is 1. The molecule has 0 aromatic carbocycles. The molecule has 0 aliphatic rings. The van der Waals surface area contributed by atoms with E-state index in [0.717, 1.165) is 12.1 Å². The van der Waals surface area contributed by atoms with Gasteiger partial charge in [0.1, 0.15) is 0 Å². The first-order chi connectivity index (χ1) is 5.59. The van der Waals surface area contributed by atoms with Crippen LogP contribution in [0.15, 0.2) is 12.3 Å². The highest BCUT2D eigenvalue weighted by Crippen LogP contribution is 2.15. The van der Waals surface area contributed by atoms with E-state index in [-0.39, 0.29) is 6.04 Å². The van der Waals surface area contributed by atoms with Crippen molar-refractivity contribution >= 4 is 0 Å². The second-order valence-electron chi connectivity index (χ2n) is 3.65. The Labute approximate surface area is 73.6 Å². The average Bonchev–Trinajstić information content (AvgIpc) is 2.34. The van der Waals surface area contributed by atoms with Gasteiger partial charge < -0.3 is 5.73 Å². The molecule has 3 heteroatoms. The first-order valence-electron chi connectivity index (χ1n) is 4.34. The van der Waals surface area contributed by atoms with Gasteiger partial charge in [0.2, 0.25) is 0 Å². The average molecular weight is 167 g/mol. The van der Waals surface area contributed by atoms with Crippen LogP contribution in [0.4, 0.5) is 0 Å². The Bertz CT molecular complexity index is 240. The fourth-order valence-electron chi connectivity index (χ4n) is 1.26. The van der Waals surface area contributed by atoms with Crippen molar-refractivity contribution in [3.8, 4) is 0 Å². The zero-order valence-corrected chi connectivity index (χ0v) is 7.99. The van der Waals surface area contributed by atoms with Crippen LogP contribution in [-0.2, 0) is 7.05 Å². The van der Waals surface area contributed by atoms with Crippen molar-refractivity contribution in [2.45, 2.75) is 26.3 Å². The summed E-state index contributed by atoms with van der Waals surface area (Å²) >= 11 is 0. The van der Waals surface area contributed by atoms with Crippen molar-refractivity contribution in [2.24, 2.45) is 18.7 Å². The predicted octanol–water partition coefficient (Wildman–Crippen LogP) is 1.47. The second-order valence-corrected chi connectivity index (χ2v) is 3.65. The summed E-state index contributed by atoms with van der Waals surface area (Å²) in [5, 5.41) is 4.26. The summed E-state index contributed by atoms with van der Waals surface area (Å²) in [6, 6.07) is 2.07. The molecular formula is C9H17N3. The molecule has 2 N–H and O–H groups in total. The molecule has 0 saturated heterocycles. The number of hydrogen-bond acceptors (Lipinski definition) is 2. The van der Waals surface area contributed by atoms with Crippen LogP contribution in [0.1, 0.15) is 32.0 Å². The molecule has 1 aromatic heterocycles. The zero-order chi connectivity index (χ0) is 9.14. The van der Waals surface area contributed by atoms with Crippen LogP contribution in [0.25, 0.3) is 0 Å². The Balaban J connectivity index is 2.58. The largest absolute Gasteiger partial charge is 0.323 e. The van der Waals surface area contributed by atoms with Crippen molar-refractivity contribution in [3.63, 3.8) is 0 Å². The summed E-state index contributed by atoms with van der Waals surface area (Å²) in [4.78, 5) is 0. The molecule has 0 spiro atoms. The minimum atomic E-state index is 0.0891. The van der Waals surface area contributed by atoms with Gasteiger partial charge in [-0.3, -0.25) is 4.68 Å². The van der Waals surface area contributed by atoms with E-state index in [2.05, 4.69) is 18.9 Å². The number of nitrogens with two attached hydrogens (primary N) is 1. The van der Waals surface area contributed by atoms with E-state index in [1.807, 2.05) is 19.3 Å². The maximum Gasteiger partial charge on any atom is 0.0791 e. The van der Waals surface area contributed by atoms with Gasteiger partial charge in [0.15, 0.2) is 0 Å². The molecule has 0 fully saturated rings. The summed E-state index contributed by atoms with van der Waals surface area (Å²) in [5.41, 5.74) is 6.93. The third kappa shape index (κ3) is 2.34. The molecule has 0 aliphatic carbocycles. The van der Waals surface area contributed by atoms with Crippen molar-refractivity contribution < 1.29 is 0 Å². The zero-order valence-electron chi connectivity index (χ0n) is 7.99. The highest BCUT2D eigenvalue weighted by molar-refractivity contribution is 5.04. The Morgan fingerprint density at radius 2 is 2.25 bits per heavy atom. The van der Waals surface area contributed by atoms with E-state index >= 15 is 0 Å². The third-order valence-corrected chi connectivity index (χ3v) is 1.84. The Hall–Kier alpha value is -0.830. The fraction of sp³-hybridized carbons (Fsp3) is 0.667. The van der Waals surface area contributed by atoms with Crippen LogP contribution < -0.4 is 5.73 Å². The summed E-state index contributed by atoms with van der Waals surface area (Å²) in [7, 11) is 1.91. The molecule has 1 aromatic rings. The highest BCUT2D eigenvalue weighted by Gasteiger charge is 2.09. The third-order valence-electron chi connectivity index (χ3n) is 1.84. The molecule has 1 rings (SSSR count). The van der Waals surface area contributed by atoms with Crippen LogP contribution in [0.3, 0.4) is 0 Å². The molecule has 0 radical (unpaired) electrons. The van der Waals surface area contributed by atoms with Gasteiger partial charge in [-0.2, -0.15) is 5.10 Å². The first-order valence-corrected chi connectivity index (χ1v) is 4.34. The molecule has 0 aliphatic heterocycles. The molecule has 3 nitrogen and oxygen atoms in total. The van der Waals surface area contributed by atoms with Crippen molar-refractivity contribution in [2.75, 3.05) is 0 Å². The maximum atomic E-state index is 5.93. The maximum absolute atomic E-state index is 5.93. The molecular weight excluding hydrogens is 150 g/mol. The van der Waals surface area contributed by atoms with E-state index in [4.69, 9.17) is 5.73 Å². The van der Waals surface area contributed by atoms with E-state index in [0.29, 0.717) is 5.92 Å². The Morgan fingerprint density at radius 3 is 2.67 bits per heavy atom. The topological polar surface area (TPSA) is 43.8 Å². The molecule has 0 amide bonds. The summed E-state index contributed by atoms with van der Waals surface area (Å²) in [6.07, 6.45) is 2.92. The predicted molar refractivity (Wildman–Crippen MR) is 49.6 cm³/mol. The summed E-state index contributed by atoms with van der Waals surface area (Å²) in [5.74, 6) is 0.627. The molecule has 1 heterocycles. The minimum absolute atomic E-state index is 0.0891. The van der Waals surface area contributed by atoms with Crippen LogP contribution >= 0.6 is 0 Å². The van der Waals surface area contributed by atoms with Crippen LogP contribution in [0, 0.1) is 5.92 Å². The lowest BCUT2D eigenvalue weighted by Crippen LogP contribution is -2.13. The van der Waals surface area contributed by atoms with Gasteiger partial charge in [0.25, 0.3) is 0 Å². The highest BCUT2D eigenvalue weighted by atomic mass is 15.3. The molecule has 1 unspecified atom stereocenters. The van der Waals surface area contributed by atoms with Crippen molar-refractivity contribution in [1.29, 1.82) is 0 Å². The Morgan fingerprint density at radius 1 is 1.58 bits per heavy atom. The molecule has 0 saturated carbocycles. The molecule has 1 atom stereocenters. The quantitative estimate of drug-likeness (QED) is 0.740. The lowest BCUT2D eigenvalue weighted by Gasteiger charge is -2.10. The smallest absolute Gasteiger partial charge is 0.0791 e. The van der Waals surface area contributed by atoms with Gasteiger partial charge in [-0.25, -0.2) is 0 Å². The van der Waals surface area contributed by atoms with Gasteiger partial charge in [0.05, 0.1) is 5.69 Å². The number of nitrogens with zero attached hydrogens (tertiary/aromatic N) is 2. The molecule has 0 bridgehead atoms. The molecule has 68 valence electrons. The lowest BCUT2D eigenvalue weighted by molar-refractivity contribution is 0.497. The first kappa shape index (κ1) is 9.26. The standard InChI is InChI=1S/C9H17N3/c1-7(2)6-8(10)9-4-5-12(3)11-9/h4-5,7-8H,6,10H2,1-3H3. The lowest BCUT2D eigenvalue weighted by atomic mass is 10.0. The fourth-order valence-corrected chi connectivity index (χ4v) is 1.26. The summed E-state index contributed by atoms with van der Waals surface area (Å²) in [6.45, 7) is 4.34. The van der Waals surface area contributed by atoms with Gasteiger partial charge in [-0.1, -0.05) is 13.8 Å². The number of rotatable bonds is 3. The van der Waals surface area contributed by atoms with E-state index in [1.165, 1.54) is 0 Å². The SMILES string of the molecule is CC(C)CC(N)c1ccn(C)n1. The van der Waals surface area contributed by atoms with Gasteiger partial charge >= 0.3 is 0 Å². The normalized spacial score (nSPS) is 13.8. The monoisotopic (exact) mass is 167 g/mol. The number of aromatic nitrogens is 2. The summed E-state index contributed by atoms with van der Waals surface area (Å²) < 4.78 is 1.79. The van der Waals surface area contributed by atoms with E-state index in [9.17, 15) is 0 Å². The minimum Gasteiger partial charge on any atom is -0.323 e. The van der Waals surface area contributed by atoms with Crippen molar-refractivity contribution in [1.82, 2.24) is 9.78 Å². The van der Waals surface area contributed by atoms with Gasteiger partial charge in [-0.05, 0) is 18.4 Å². The second kappa shape index (κ2) is 3.72. The van der Waals surface area contributed by atoms with Crippen LogP contribution in [0.5, 0.6) is 0 Å². The Kier molecular flexibility index (Phi) is 2.87. The molecule has 12 heavy (non-hydrogen) atoms. The van der Waals surface area contributed by atoms with Crippen LogP contribution in [-0.4, -0.2) is 9.78 Å². The van der Waals surface area contributed by atoms with Crippen LogP contribution in [0.2, 0.25) is 0 Å². The van der Waals surface area contributed by atoms with E-state index in [1.54, 1.807) is 4.68 Å². The van der Waals surface area contributed by atoms with Gasteiger partial charge in [-0.15, -0.1) is 0 Å². The van der Waals surface area contributed by atoms with Crippen molar-refractivity contribution in [3.05, 3.63) is 18.0 Å². The van der Waals surface area contributed by atoms with Gasteiger partial charge in [0, 0.05) is 19.3 Å².